The number of aliphatic hydroxyl groups is 1. The Balaban J connectivity index is 2.40. The van der Waals surface area contributed by atoms with Crippen LogP contribution in [0.15, 0.2) is 42.5 Å². The van der Waals surface area contributed by atoms with Crippen molar-refractivity contribution in [3.63, 3.8) is 0 Å². The average molecular weight is 305 g/mol. The van der Waals surface area contributed by atoms with Gasteiger partial charge in [0.25, 0.3) is 5.91 Å². The summed E-state index contributed by atoms with van der Waals surface area (Å²) in [5.41, 5.74) is 8.35. The van der Waals surface area contributed by atoms with E-state index in [-0.39, 0.29) is 19.1 Å². The van der Waals surface area contributed by atoms with Crippen LogP contribution in [0.2, 0.25) is 5.02 Å². The normalized spacial score (nSPS) is 10.4. The number of halogens is 1. The van der Waals surface area contributed by atoms with Crippen molar-refractivity contribution in [3.05, 3.63) is 58.6 Å². The SMILES string of the molecule is Cc1ccc(C(=O)N(CCO)c2ccccc2N)cc1Cl. The molecule has 1 amide bonds. The minimum Gasteiger partial charge on any atom is -0.397 e. The lowest BCUT2D eigenvalue weighted by molar-refractivity contribution is 0.0981. The molecule has 0 bridgehead atoms. The van der Waals surface area contributed by atoms with E-state index in [1.807, 2.05) is 6.92 Å². The first-order valence-corrected chi connectivity index (χ1v) is 6.95. The Morgan fingerprint density at radius 2 is 2.00 bits per heavy atom. The van der Waals surface area contributed by atoms with Crippen LogP contribution in [0.1, 0.15) is 15.9 Å². The maximum absolute atomic E-state index is 12.7. The third-order valence-electron chi connectivity index (χ3n) is 3.22. The number of aryl methyl sites for hydroxylation is 1. The molecule has 0 fully saturated rings. The van der Waals surface area contributed by atoms with Crippen LogP contribution in [0.3, 0.4) is 0 Å². The first kappa shape index (κ1) is 15.4. The highest BCUT2D eigenvalue weighted by Crippen LogP contribution is 2.25. The maximum atomic E-state index is 12.7. The number of carbonyl (C=O) groups is 1. The zero-order chi connectivity index (χ0) is 15.4. The highest BCUT2D eigenvalue weighted by Gasteiger charge is 2.19. The predicted molar refractivity (Wildman–Crippen MR) is 85.8 cm³/mol. The summed E-state index contributed by atoms with van der Waals surface area (Å²) in [6, 6.07) is 12.2. The summed E-state index contributed by atoms with van der Waals surface area (Å²) in [4.78, 5) is 14.1. The van der Waals surface area contributed by atoms with Crippen LogP contribution in [0.5, 0.6) is 0 Å². The number of hydrogen-bond donors (Lipinski definition) is 2. The summed E-state index contributed by atoms with van der Waals surface area (Å²) in [6.45, 7) is 1.88. The number of rotatable bonds is 4. The predicted octanol–water partition coefficient (Wildman–Crippen LogP) is 2.87. The minimum atomic E-state index is -0.246. The lowest BCUT2D eigenvalue weighted by atomic mass is 10.1. The highest BCUT2D eigenvalue weighted by atomic mass is 35.5. The van der Waals surface area contributed by atoms with Crippen LogP contribution in [-0.4, -0.2) is 24.2 Å². The van der Waals surface area contributed by atoms with E-state index in [0.717, 1.165) is 5.56 Å². The molecule has 2 aromatic carbocycles. The van der Waals surface area contributed by atoms with Gasteiger partial charge in [-0.2, -0.15) is 0 Å². The number of nitrogen functional groups attached to an aromatic ring is 1. The van der Waals surface area contributed by atoms with E-state index in [9.17, 15) is 9.90 Å². The summed E-state index contributed by atoms with van der Waals surface area (Å²) in [6.07, 6.45) is 0. The molecular weight excluding hydrogens is 288 g/mol. The van der Waals surface area contributed by atoms with Gasteiger partial charge < -0.3 is 15.7 Å². The number of benzene rings is 2. The Kier molecular flexibility index (Phi) is 4.83. The van der Waals surface area contributed by atoms with E-state index in [4.69, 9.17) is 17.3 Å². The van der Waals surface area contributed by atoms with E-state index in [1.54, 1.807) is 42.5 Å². The quantitative estimate of drug-likeness (QED) is 0.854. The smallest absolute Gasteiger partial charge is 0.258 e. The molecule has 110 valence electrons. The maximum Gasteiger partial charge on any atom is 0.258 e. The fourth-order valence-corrected chi connectivity index (χ4v) is 2.23. The van der Waals surface area contributed by atoms with Crippen LogP contribution in [-0.2, 0) is 0 Å². The van der Waals surface area contributed by atoms with Gasteiger partial charge in [-0.25, -0.2) is 0 Å². The van der Waals surface area contributed by atoms with Crippen molar-refractivity contribution in [2.24, 2.45) is 0 Å². The lowest BCUT2D eigenvalue weighted by Gasteiger charge is -2.23. The van der Waals surface area contributed by atoms with Gasteiger partial charge >= 0.3 is 0 Å². The van der Waals surface area contributed by atoms with Gasteiger partial charge in [0.15, 0.2) is 0 Å². The van der Waals surface area contributed by atoms with Crippen molar-refractivity contribution in [1.82, 2.24) is 0 Å². The van der Waals surface area contributed by atoms with E-state index < -0.39 is 0 Å². The molecular formula is C16H17ClN2O2. The van der Waals surface area contributed by atoms with Gasteiger partial charge in [-0.3, -0.25) is 4.79 Å². The van der Waals surface area contributed by atoms with Gasteiger partial charge in [0.05, 0.1) is 18.0 Å². The van der Waals surface area contributed by atoms with Crippen LogP contribution in [0.25, 0.3) is 0 Å². The molecule has 0 spiro atoms. The Morgan fingerprint density at radius 3 is 2.62 bits per heavy atom. The molecule has 0 heterocycles. The van der Waals surface area contributed by atoms with Gasteiger partial charge in [0, 0.05) is 17.1 Å². The molecule has 3 N–H and O–H groups in total. The van der Waals surface area contributed by atoms with Crippen molar-refractivity contribution >= 4 is 28.9 Å². The third-order valence-corrected chi connectivity index (χ3v) is 3.62. The van der Waals surface area contributed by atoms with Crippen molar-refractivity contribution in [1.29, 1.82) is 0 Å². The van der Waals surface area contributed by atoms with Crippen molar-refractivity contribution < 1.29 is 9.90 Å². The summed E-state index contributed by atoms with van der Waals surface area (Å²) in [5, 5.41) is 9.76. The zero-order valence-corrected chi connectivity index (χ0v) is 12.5. The van der Waals surface area contributed by atoms with Crippen LogP contribution >= 0.6 is 11.6 Å². The van der Waals surface area contributed by atoms with Gasteiger partial charge in [0.2, 0.25) is 0 Å². The van der Waals surface area contributed by atoms with Gasteiger partial charge in [-0.05, 0) is 36.8 Å². The monoisotopic (exact) mass is 304 g/mol. The van der Waals surface area contributed by atoms with Crippen LogP contribution < -0.4 is 10.6 Å². The lowest BCUT2D eigenvalue weighted by Crippen LogP contribution is -2.34. The Hall–Kier alpha value is -2.04. The van der Waals surface area contributed by atoms with Crippen LogP contribution in [0, 0.1) is 6.92 Å². The van der Waals surface area contributed by atoms with E-state index in [0.29, 0.717) is 22.0 Å². The molecule has 2 aromatic rings. The Bertz CT molecular complexity index is 658. The zero-order valence-electron chi connectivity index (χ0n) is 11.7. The molecule has 0 unspecified atom stereocenters. The Labute approximate surface area is 128 Å². The average Bonchev–Trinajstić information content (AvgIpc) is 2.48. The van der Waals surface area contributed by atoms with Crippen LogP contribution in [0.4, 0.5) is 11.4 Å². The van der Waals surface area contributed by atoms with Gasteiger partial charge in [-0.15, -0.1) is 0 Å². The minimum absolute atomic E-state index is 0.153. The van der Waals surface area contributed by atoms with E-state index in [2.05, 4.69) is 0 Å². The number of aliphatic hydroxyl groups excluding tert-OH is 1. The van der Waals surface area contributed by atoms with E-state index in [1.165, 1.54) is 4.90 Å². The number of para-hydroxylation sites is 2. The number of anilines is 2. The molecule has 0 aliphatic carbocycles. The second-order valence-electron chi connectivity index (χ2n) is 4.70. The van der Waals surface area contributed by atoms with Gasteiger partial charge in [0.1, 0.15) is 0 Å². The molecule has 5 heteroatoms. The van der Waals surface area contributed by atoms with Crippen molar-refractivity contribution in [3.8, 4) is 0 Å². The van der Waals surface area contributed by atoms with Crippen molar-refractivity contribution in [2.75, 3.05) is 23.8 Å². The number of nitrogens with zero attached hydrogens (tertiary/aromatic N) is 1. The van der Waals surface area contributed by atoms with Crippen molar-refractivity contribution in [2.45, 2.75) is 6.92 Å². The first-order valence-electron chi connectivity index (χ1n) is 6.58. The Morgan fingerprint density at radius 1 is 1.29 bits per heavy atom. The van der Waals surface area contributed by atoms with Gasteiger partial charge in [-0.1, -0.05) is 29.8 Å². The fourth-order valence-electron chi connectivity index (χ4n) is 2.05. The molecule has 0 saturated heterocycles. The standard InChI is InChI=1S/C16H17ClN2O2/c1-11-6-7-12(10-13(11)17)16(21)19(8-9-20)15-5-3-2-4-14(15)18/h2-7,10,20H,8-9,18H2,1H3. The number of hydrogen-bond acceptors (Lipinski definition) is 3. The molecule has 2 rings (SSSR count). The molecule has 0 saturated carbocycles. The molecule has 0 aliphatic heterocycles. The number of nitrogens with two attached hydrogens (primary N) is 1. The summed E-state index contributed by atoms with van der Waals surface area (Å²) >= 11 is 6.07. The fraction of sp³-hybridized carbons (Fsp3) is 0.188. The molecule has 0 aliphatic rings. The summed E-state index contributed by atoms with van der Waals surface area (Å²) < 4.78 is 0. The summed E-state index contributed by atoms with van der Waals surface area (Å²) in [5.74, 6) is -0.246. The summed E-state index contributed by atoms with van der Waals surface area (Å²) in [7, 11) is 0. The number of amides is 1. The molecule has 4 nitrogen and oxygen atoms in total. The molecule has 0 aromatic heterocycles. The molecule has 0 atom stereocenters. The largest absolute Gasteiger partial charge is 0.397 e. The first-order chi connectivity index (χ1) is 10.0. The second-order valence-corrected chi connectivity index (χ2v) is 5.11. The molecule has 21 heavy (non-hydrogen) atoms. The third kappa shape index (κ3) is 3.35. The molecule has 0 radical (unpaired) electrons. The topological polar surface area (TPSA) is 66.6 Å². The highest BCUT2D eigenvalue weighted by molar-refractivity contribution is 6.31. The number of carbonyl (C=O) groups excluding carboxylic acids is 1. The second kappa shape index (κ2) is 6.61. The van der Waals surface area contributed by atoms with E-state index >= 15 is 0 Å².